The van der Waals surface area contributed by atoms with Crippen molar-refractivity contribution in [3.63, 3.8) is 0 Å². The third kappa shape index (κ3) is 5.79. The summed E-state index contributed by atoms with van der Waals surface area (Å²) in [5, 5.41) is 3.88. The molecule has 226 valence electrons. The van der Waals surface area contributed by atoms with Gasteiger partial charge in [-0.3, -0.25) is 24.0 Å². The fraction of sp³-hybridized carbons (Fsp3) is 0.240. The van der Waals surface area contributed by atoms with E-state index in [0.29, 0.717) is 41.7 Å². The van der Waals surface area contributed by atoms with Crippen molar-refractivity contribution >= 4 is 73.7 Å². The third-order valence-electron chi connectivity index (χ3n) is 6.55. The monoisotopic (exact) mass is 657 g/mol. The molecule has 18 heteroatoms. The zero-order chi connectivity index (χ0) is 31.3. The van der Waals surface area contributed by atoms with E-state index < -0.39 is 51.6 Å². The molecular weight excluding hydrogens is 639 g/mol. The number of imide groups is 1. The second-order valence-electron chi connectivity index (χ2n) is 9.20. The molecule has 5 rings (SSSR count). The molecule has 0 aliphatic carbocycles. The lowest BCUT2D eigenvalue weighted by molar-refractivity contribution is -0.138. The summed E-state index contributed by atoms with van der Waals surface area (Å²) in [5.41, 5.74) is 0.0560. The normalized spacial score (nSPS) is 17.9. The summed E-state index contributed by atoms with van der Waals surface area (Å²) < 4.78 is 72.2. The Morgan fingerprint density at radius 2 is 1.84 bits per heavy atom. The lowest BCUT2D eigenvalue weighted by Crippen LogP contribution is -2.45. The van der Waals surface area contributed by atoms with Gasteiger partial charge in [-0.2, -0.15) is 31.0 Å². The van der Waals surface area contributed by atoms with Crippen molar-refractivity contribution in [3.8, 4) is 0 Å². The molecule has 12 nitrogen and oxygen atoms in total. The van der Waals surface area contributed by atoms with Crippen LogP contribution >= 0.6 is 23.4 Å². The predicted molar refractivity (Wildman–Crippen MR) is 148 cm³/mol. The molecule has 0 spiro atoms. The lowest BCUT2D eigenvalue weighted by atomic mass is 10.1. The first-order valence-electron chi connectivity index (χ1n) is 12.2. The van der Waals surface area contributed by atoms with Crippen LogP contribution in [0.5, 0.6) is 0 Å². The SMILES string of the molecule is COC(=O)N1CCN(C(=O)CN2C(=O)SC(=Cc3ccc4c(cnn4Cc4ccc(Cl)cc4C(F)(F)F)c3)C2=O)S1(=O)=O. The molecule has 0 atom stereocenters. The summed E-state index contributed by atoms with van der Waals surface area (Å²) >= 11 is 6.31. The Balaban J connectivity index is 1.32. The molecule has 1 aromatic heterocycles. The van der Waals surface area contributed by atoms with Crippen LogP contribution in [-0.2, 0) is 37.3 Å². The summed E-state index contributed by atoms with van der Waals surface area (Å²) in [4.78, 5) is 50.5. The van der Waals surface area contributed by atoms with Crippen LogP contribution in [0.4, 0.5) is 22.8 Å². The van der Waals surface area contributed by atoms with E-state index in [0.717, 1.165) is 13.2 Å². The van der Waals surface area contributed by atoms with Crippen LogP contribution < -0.4 is 0 Å². The molecule has 0 saturated carbocycles. The standard InChI is InChI=1S/C25H19ClF3N5O7S2/c1-41-23(37)34-7-6-33(43(34,39)40)21(35)13-31-22(36)20(42-24(31)38)9-14-2-5-19-16(8-14)11-30-32(19)12-15-3-4-17(26)10-18(15)25(27,28)29/h2-5,8-11H,6-7,12-13H2,1H3. The van der Waals surface area contributed by atoms with Crippen LogP contribution in [0.3, 0.4) is 0 Å². The third-order valence-corrected chi connectivity index (χ3v) is 9.52. The van der Waals surface area contributed by atoms with Crippen molar-refractivity contribution in [2.75, 3.05) is 26.7 Å². The van der Waals surface area contributed by atoms with Crippen LogP contribution in [0.1, 0.15) is 16.7 Å². The predicted octanol–water partition coefficient (Wildman–Crippen LogP) is 3.95. The molecule has 2 aliphatic rings. The fourth-order valence-electron chi connectivity index (χ4n) is 4.51. The number of hydrogen-bond acceptors (Lipinski definition) is 9. The first-order valence-corrected chi connectivity index (χ1v) is 14.8. The number of carbonyl (C=O) groups is 4. The summed E-state index contributed by atoms with van der Waals surface area (Å²) in [5.74, 6) is -1.92. The van der Waals surface area contributed by atoms with Gasteiger partial charge in [-0.1, -0.05) is 23.7 Å². The summed E-state index contributed by atoms with van der Waals surface area (Å²) in [6.45, 7) is -1.77. The second-order valence-corrected chi connectivity index (χ2v) is 12.4. The maximum Gasteiger partial charge on any atom is 0.424 e. The maximum absolute atomic E-state index is 13.5. The van der Waals surface area contributed by atoms with E-state index in [1.54, 1.807) is 18.2 Å². The number of methoxy groups -OCH3 is 1. The van der Waals surface area contributed by atoms with Crippen LogP contribution in [0.2, 0.25) is 5.02 Å². The molecular formula is C25H19ClF3N5O7S2. The number of fused-ring (bicyclic) bond motifs is 1. The number of rotatable bonds is 5. The van der Waals surface area contributed by atoms with Crippen LogP contribution in [0.15, 0.2) is 47.5 Å². The number of thioether (sulfide) groups is 1. The van der Waals surface area contributed by atoms with E-state index in [9.17, 15) is 40.8 Å². The highest BCUT2D eigenvalue weighted by Gasteiger charge is 2.45. The van der Waals surface area contributed by atoms with E-state index in [4.69, 9.17) is 11.6 Å². The number of nitrogens with zero attached hydrogens (tertiary/aromatic N) is 5. The van der Waals surface area contributed by atoms with Gasteiger partial charge >= 0.3 is 22.5 Å². The van der Waals surface area contributed by atoms with Gasteiger partial charge in [0.25, 0.3) is 17.1 Å². The van der Waals surface area contributed by atoms with Crippen molar-refractivity contribution in [2.45, 2.75) is 12.7 Å². The molecule has 2 aromatic carbocycles. The van der Waals surface area contributed by atoms with Crippen molar-refractivity contribution in [2.24, 2.45) is 0 Å². The van der Waals surface area contributed by atoms with Gasteiger partial charge in [-0.05, 0) is 53.2 Å². The van der Waals surface area contributed by atoms with Crippen molar-refractivity contribution in [1.82, 2.24) is 23.3 Å². The first-order chi connectivity index (χ1) is 20.2. The topological polar surface area (TPSA) is 139 Å². The number of amides is 4. The Morgan fingerprint density at radius 1 is 1.12 bits per heavy atom. The van der Waals surface area contributed by atoms with Gasteiger partial charge in [0.05, 0.1) is 48.9 Å². The molecule has 2 fully saturated rings. The molecule has 3 heterocycles. The zero-order valence-corrected chi connectivity index (χ0v) is 24.3. The van der Waals surface area contributed by atoms with Crippen molar-refractivity contribution in [1.29, 1.82) is 0 Å². The summed E-state index contributed by atoms with van der Waals surface area (Å²) in [7, 11) is -3.55. The number of hydrogen-bond donors (Lipinski definition) is 0. The average molecular weight is 658 g/mol. The average Bonchev–Trinajstić information content (AvgIpc) is 3.57. The minimum Gasteiger partial charge on any atom is -0.452 e. The highest BCUT2D eigenvalue weighted by molar-refractivity contribution is 8.18. The molecule has 0 N–H and O–H groups in total. The largest absolute Gasteiger partial charge is 0.452 e. The highest BCUT2D eigenvalue weighted by Crippen LogP contribution is 2.35. The van der Waals surface area contributed by atoms with E-state index in [1.165, 1.54) is 29.1 Å². The number of alkyl halides is 3. The molecule has 0 radical (unpaired) electrons. The van der Waals surface area contributed by atoms with Gasteiger partial charge in [-0.25, -0.2) is 9.10 Å². The Morgan fingerprint density at radius 3 is 2.53 bits per heavy atom. The van der Waals surface area contributed by atoms with Gasteiger partial charge in [0.15, 0.2) is 0 Å². The van der Waals surface area contributed by atoms with Crippen molar-refractivity contribution < 1.29 is 45.5 Å². The van der Waals surface area contributed by atoms with E-state index in [1.807, 2.05) is 0 Å². The summed E-state index contributed by atoms with van der Waals surface area (Å²) in [6.07, 6.45) is -2.97. The van der Waals surface area contributed by atoms with E-state index in [2.05, 4.69) is 9.84 Å². The van der Waals surface area contributed by atoms with Gasteiger partial charge in [-0.15, -0.1) is 0 Å². The first kappa shape index (κ1) is 30.4. The molecule has 2 aliphatic heterocycles. The Kier molecular flexibility index (Phi) is 7.91. The quantitative estimate of drug-likeness (QED) is 0.373. The molecule has 3 aromatic rings. The Bertz CT molecular complexity index is 1830. The van der Waals surface area contributed by atoms with Crippen LogP contribution in [-0.4, -0.2) is 81.6 Å². The van der Waals surface area contributed by atoms with Gasteiger partial charge < -0.3 is 4.74 Å². The lowest BCUT2D eigenvalue weighted by Gasteiger charge is -2.19. The number of ether oxygens (including phenoxy) is 1. The van der Waals surface area contributed by atoms with Gasteiger partial charge in [0.2, 0.25) is 0 Å². The van der Waals surface area contributed by atoms with Crippen molar-refractivity contribution in [3.05, 3.63) is 69.2 Å². The van der Waals surface area contributed by atoms with Gasteiger partial charge in [0, 0.05) is 10.4 Å². The van der Waals surface area contributed by atoms with E-state index >= 15 is 0 Å². The molecule has 0 unspecified atom stereocenters. The van der Waals surface area contributed by atoms with Gasteiger partial charge in [0.1, 0.15) is 6.54 Å². The minimum absolute atomic E-state index is 0.0334. The number of carbonyl (C=O) groups excluding carboxylic acids is 4. The summed E-state index contributed by atoms with van der Waals surface area (Å²) in [6, 6.07) is 8.27. The smallest absolute Gasteiger partial charge is 0.424 e. The minimum atomic E-state index is -4.61. The zero-order valence-electron chi connectivity index (χ0n) is 21.9. The van der Waals surface area contributed by atoms with E-state index in [-0.39, 0.29) is 35.1 Å². The molecule has 43 heavy (non-hydrogen) atoms. The Hall–Kier alpha value is -4.09. The molecule has 0 bridgehead atoms. The number of aromatic nitrogens is 2. The fourth-order valence-corrected chi connectivity index (χ4v) is 6.96. The highest BCUT2D eigenvalue weighted by atomic mass is 35.5. The molecule has 4 amide bonds. The maximum atomic E-state index is 13.5. The second kappa shape index (κ2) is 11.2. The Labute approximate surface area is 250 Å². The number of halogens is 4. The van der Waals surface area contributed by atoms with Crippen LogP contribution in [0, 0.1) is 0 Å². The number of benzene rings is 2. The molecule has 2 saturated heterocycles. The van der Waals surface area contributed by atoms with Crippen LogP contribution in [0.25, 0.3) is 17.0 Å².